The van der Waals surface area contributed by atoms with Crippen LogP contribution >= 0.6 is 0 Å². The number of carbonyl (C=O) groups excluding carboxylic acids is 1. The third-order valence-electron chi connectivity index (χ3n) is 4.04. The van der Waals surface area contributed by atoms with Crippen molar-refractivity contribution in [1.82, 2.24) is 14.7 Å². The van der Waals surface area contributed by atoms with Gasteiger partial charge in [0.2, 0.25) is 5.91 Å². The van der Waals surface area contributed by atoms with Crippen molar-refractivity contribution in [2.75, 3.05) is 53.4 Å². The average molecular weight is 239 g/mol. The second-order valence-corrected chi connectivity index (χ2v) is 5.66. The van der Waals surface area contributed by atoms with Crippen LogP contribution in [0.4, 0.5) is 0 Å². The molecule has 4 heteroatoms. The zero-order chi connectivity index (χ0) is 12.3. The fraction of sp³-hybridized carbons (Fsp3) is 0.923. The summed E-state index contributed by atoms with van der Waals surface area (Å²) in [7, 11) is 4.28. The summed E-state index contributed by atoms with van der Waals surface area (Å²) in [5.41, 5.74) is 0. The Labute approximate surface area is 105 Å². The molecule has 1 atom stereocenters. The Kier molecular flexibility index (Phi) is 4.40. The highest BCUT2D eigenvalue weighted by molar-refractivity contribution is 5.76. The van der Waals surface area contributed by atoms with Crippen molar-refractivity contribution in [1.29, 1.82) is 0 Å². The topological polar surface area (TPSA) is 26.8 Å². The lowest BCUT2D eigenvalue weighted by Gasteiger charge is -2.35. The fourth-order valence-corrected chi connectivity index (χ4v) is 2.87. The van der Waals surface area contributed by atoms with E-state index < -0.39 is 0 Å². The zero-order valence-corrected chi connectivity index (χ0v) is 11.2. The lowest BCUT2D eigenvalue weighted by atomic mass is 9.94. The molecule has 98 valence electrons. The molecule has 2 aliphatic heterocycles. The second kappa shape index (κ2) is 5.83. The maximum absolute atomic E-state index is 12.2. The van der Waals surface area contributed by atoms with Crippen LogP contribution < -0.4 is 0 Å². The minimum absolute atomic E-state index is 0.374. The van der Waals surface area contributed by atoms with Gasteiger partial charge in [-0.2, -0.15) is 0 Å². The van der Waals surface area contributed by atoms with Gasteiger partial charge in [0.25, 0.3) is 0 Å². The lowest BCUT2D eigenvalue weighted by molar-refractivity contribution is -0.134. The second-order valence-electron chi connectivity index (χ2n) is 5.66. The van der Waals surface area contributed by atoms with Crippen LogP contribution in [0.25, 0.3) is 0 Å². The van der Waals surface area contributed by atoms with E-state index >= 15 is 0 Å². The van der Waals surface area contributed by atoms with Crippen LogP contribution in [-0.4, -0.2) is 74.0 Å². The standard InChI is InChI=1S/C13H25N3O/c1-14-6-8-16(9-7-14)13(17)10-12-4-3-5-15(2)11-12/h12H,3-11H2,1-2H3/t12-/m0/s1. The number of hydrogen-bond donors (Lipinski definition) is 0. The number of piperidine rings is 1. The largest absolute Gasteiger partial charge is 0.340 e. The van der Waals surface area contributed by atoms with Gasteiger partial charge < -0.3 is 14.7 Å². The van der Waals surface area contributed by atoms with Gasteiger partial charge in [0, 0.05) is 39.1 Å². The zero-order valence-electron chi connectivity index (χ0n) is 11.2. The summed E-state index contributed by atoms with van der Waals surface area (Å²) in [4.78, 5) is 18.9. The highest BCUT2D eigenvalue weighted by atomic mass is 16.2. The Morgan fingerprint density at radius 3 is 2.41 bits per heavy atom. The molecule has 2 heterocycles. The monoisotopic (exact) mass is 239 g/mol. The van der Waals surface area contributed by atoms with E-state index in [1.807, 2.05) is 0 Å². The number of likely N-dealkylation sites (N-methyl/N-ethyl adjacent to an activating group) is 1. The van der Waals surface area contributed by atoms with Crippen LogP contribution in [0.1, 0.15) is 19.3 Å². The maximum Gasteiger partial charge on any atom is 0.222 e. The minimum Gasteiger partial charge on any atom is -0.340 e. The Morgan fingerprint density at radius 1 is 1.06 bits per heavy atom. The molecule has 2 rings (SSSR count). The number of rotatable bonds is 2. The molecule has 2 aliphatic rings. The number of amides is 1. The predicted octanol–water partition coefficient (Wildman–Crippen LogP) is 0.492. The predicted molar refractivity (Wildman–Crippen MR) is 68.9 cm³/mol. The van der Waals surface area contributed by atoms with Crippen LogP contribution in [-0.2, 0) is 4.79 Å². The van der Waals surface area contributed by atoms with Crippen molar-refractivity contribution in [3.8, 4) is 0 Å². The van der Waals surface area contributed by atoms with E-state index in [2.05, 4.69) is 28.8 Å². The Bertz CT molecular complexity index is 261. The molecule has 4 nitrogen and oxygen atoms in total. The molecule has 2 fully saturated rings. The van der Waals surface area contributed by atoms with Gasteiger partial charge in [0.05, 0.1) is 0 Å². The first-order valence-electron chi connectivity index (χ1n) is 6.80. The average Bonchev–Trinajstić information content (AvgIpc) is 2.29. The third-order valence-corrected chi connectivity index (χ3v) is 4.04. The highest BCUT2D eigenvalue weighted by Crippen LogP contribution is 2.19. The number of nitrogens with zero attached hydrogens (tertiary/aromatic N) is 3. The smallest absolute Gasteiger partial charge is 0.222 e. The first kappa shape index (κ1) is 12.8. The van der Waals surface area contributed by atoms with Crippen molar-refractivity contribution in [3.05, 3.63) is 0 Å². The molecule has 0 N–H and O–H groups in total. The van der Waals surface area contributed by atoms with Gasteiger partial charge >= 0.3 is 0 Å². The molecular formula is C13H25N3O. The van der Waals surface area contributed by atoms with Crippen molar-refractivity contribution in [3.63, 3.8) is 0 Å². The van der Waals surface area contributed by atoms with Crippen molar-refractivity contribution >= 4 is 5.91 Å². The summed E-state index contributed by atoms with van der Waals surface area (Å²) in [5, 5.41) is 0. The Hall–Kier alpha value is -0.610. The molecule has 1 amide bonds. The van der Waals surface area contributed by atoms with Gasteiger partial charge in [-0.3, -0.25) is 4.79 Å². The van der Waals surface area contributed by atoms with Gasteiger partial charge in [0.1, 0.15) is 0 Å². The molecule has 0 aliphatic carbocycles. The van der Waals surface area contributed by atoms with Gasteiger partial charge in [-0.15, -0.1) is 0 Å². The molecule has 0 unspecified atom stereocenters. The summed E-state index contributed by atoms with van der Waals surface area (Å²) >= 11 is 0. The Balaban J connectivity index is 1.76. The van der Waals surface area contributed by atoms with Gasteiger partial charge in [-0.1, -0.05) is 0 Å². The molecule has 0 bridgehead atoms. The van der Waals surface area contributed by atoms with E-state index in [4.69, 9.17) is 0 Å². The van der Waals surface area contributed by atoms with E-state index in [-0.39, 0.29) is 0 Å². The first-order chi connectivity index (χ1) is 8.15. The van der Waals surface area contributed by atoms with E-state index in [0.717, 1.165) is 39.1 Å². The van der Waals surface area contributed by atoms with E-state index in [1.54, 1.807) is 0 Å². The number of piperazine rings is 1. The number of hydrogen-bond acceptors (Lipinski definition) is 3. The summed E-state index contributed by atoms with van der Waals surface area (Å²) < 4.78 is 0. The first-order valence-corrected chi connectivity index (χ1v) is 6.80. The SMILES string of the molecule is CN1CCN(C(=O)C[C@@H]2CCCN(C)C2)CC1. The van der Waals surface area contributed by atoms with Gasteiger partial charge in [-0.05, 0) is 39.4 Å². The van der Waals surface area contributed by atoms with Crippen LogP contribution in [0.2, 0.25) is 0 Å². The summed E-state index contributed by atoms with van der Waals surface area (Å²) in [6.45, 7) is 6.17. The molecule has 0 aromatic carbocycles. The Morgan fingerprint density at radius 2 is 1.76 bits per heavy atom. The number of likely N-dealkylation sites (tertiary alicyclic amines) is 1. The minimum atomic E-state index is 0.374. The molecule has 0 saturated carbocycles. The number of carbonyl (C=O) groups is 1. The third kappa shape index (κ3) is 3.68. The van der Waals surface area contributed by atoms with Crippen molar-refractivity contribution < 1.29 is 4.79 Å². The van der Waals surface area contributed by atoms with E-state index in [0.29, 0.717) is 11.8 Å². The highest BCUT2D eigenvalue weighted by Gasteiger charge is 2.24. The van der Waals surface area contributed by atoms with E-state index in [9.17, 15) is 4.79 Å². The summed E-state index contributed by atoms with van der Waals surface area (Å²) in [5.74, 6) is 0.958. The molecule has 0 aromatic heterocycles. The molecular weight excluding hydrogens is 214 g/mol. The van der Waals surface area contributed by atoms with Crippen LogP contribution in [0.5, 0.6) is 0 Å². The van der Waals surface area contributed by atoms with Gasteiger partial charge in [-0.25, -0.2) is 0 Å². The van der Waals surface area contributed by atoms with Crippen LogP contribution in [0.3, 0.4) is 0 Å². The van der Waals surface area contributed by atoms with Crippen molar-refractivity contribution in [2.24, 2.45) is 5.92 Å². The molecule has 17 heavy (non-hydrogen) atoms. The fourth-order valence-electron chi connectivity index (χ4n) is 2.87. The quantitative estimate of drug-likeness (QED) is 0.702. The van der Waals surface area contributed by atoms with Crippen LogP contribution in [0.15, 0.2) is 0 Å². The van der Waals surface area contributed by atoms with E-state index in [1.165, 1.54) is 19.4 Å². The maximum atomic E-state index is 12.2. The van der Waals surface area contributed by atoms with Crippen LogP contribution in [0, 0.1) is 5.92 Å². The van der Waals surface area contributed by atoms with Crippen molar-refractivity contribution in [2.45, 2.75) is 19.3 Å². The molecule has 0 radical (unpaired) electrons. The molecule has 0 spiro atoms. The summed E-state index contributed by atoms with van der Waals surface area (Å²) in [6, 6.07) is 0. The van der Waals surface area contributed by atoms with Gasteiger partial charge in [0.15, 0.2) is 0 Å². The molecule has 2 saturated heterocycles. The summed E-state index contributed by atoms with van der Waals surface area (Å²) in [6.07, 6.45) is 3.23. The molecule has 0 aromatic rings. The normalized spacial score (nSPS) is 28.4. The lowest BCUT2D eigenvalue weighted by Crippen LogP contribution is -2.48.